The van der Waals surface area contributed by atoms with Crippen LogP contribution in [-0.2, 0) is 11.2 Å². The van der Waals surface area contributed by atoms with E-state index >= 15 is 0 Å². The fraction of sp³-hybridized carbons (Fsp3) is 0.333. The third kappa shape index (κ3) is 1.72. The largest absolute Gasteiger partial charge is 0.323 e. The van der Waals surface area contributed by atoms with Gasteiger partial charge in [-0.2, -0.15) is 0 Å². The van der Waals surface area contributed by atoms with Gasteiger partial charge in [0.1, 0.15) is 5.66 Å². The summed E-state index contributed by atoms with van der Waals surface area (Å²) in [6.45, 7) is 0. The van der Waals surface area contributed by atoms with Gasteiger partial charge in [0.05, 0.1) is 11.6 Å². The molecular formula is C18H24N4. The highest BCUT2D eigenvalue weighted by Gasteiger charge is 2.58. The lowest BCUT2D eigenvalue weighted by molar-refractivity contribution is 0.199. The zero-order valence-electron chi connectivity index (χ0n) is 13.4. The Morgan fingerprint density at radius 2 is 1.32 bits per heavy atom. The Kier molecular flexibility index (Phi) is 3.78. The molecule has 0 bridgehead atoms. The molecule has 0 fully saturated rings. The van der Waals surface area contributed by atoms with Gasteiger partial charge in [0.25, 0.3) is 0 Å². The normalized spacial score (nSPS) is 25.9. The third-order valence-electron chi connectivity index (χ3n) is 5.12. The molecule has 0 spiro atoms. The average molecular weight is 296 g/mol. The lowest BCUT2D eigenvalue weighted by Gasteiger charge is -2.41. The Morgan fingerprint density at radius 3 is 1.86 bits per heavy atom. The topological polar surface area (TPSA) is 62.1 Å². The molecule has 2 unspecified atom stereocenters. The molecule has 2 aromatic carbocycles. The average Bonchev–Trinajstić information content (AvgIpc) is 2.81. The molecule has 22 heavy (non-hydrogen) atoms. The van der Waals surface area contributed by atoms with Gasteiger partial charge >= 0.3 is 0 Å². The summed E-state index contributed by atoms with van der Waals surface area (Å²) in [6, 6.07) is 18.6. The molecule has 2 atom stereocenters. The standard InChI is InChI=1S/C18H24N4/c1-20-17(13-9-5-4-6-10-13)14-11-7-8-12-15(14)18(21-2,22-3)16(17)19/h4-12,16,20-22H,19H2,1-3H3. The van der Waals surface area contributed by atoms with Crippen LogP contribution in [-0.4, -0.2) is 27.2 Å². The highest BCUT2D eigenvalue weighted by atomic mass is 15.2. The van der Waals surface area contributed by atoms with Crippen molar-refractivity contribution in [2.45, 2.75) is 17.2 Å². The maximum absolute atomic E-state index is 6.82. The highest BCUT2D eigenvalue weighted by molar-refractivity contribution is 5.54. The Balaban J connectivity index is 2.33. The summed E-state index contributed by atoms with van der Waals surface area (Å²) in [6.07, 6.45) is 0. The quantitative estimate of drug-likeness (QED) is 0.638. The van der Waals surface area contributed by atoms with E-state index in [0.717, 1.165) is 0 Å². The van der Waals surface area contributed by atoms with Crippen molar-refractivity contribution in [3.8, 4) is 0 Å². The molecule has 116 valence electrons. The minimum absolute atomic E-state index is 0.209. The number of hydrogen-bond acceptors (Lipinski definition) is 4. The summed E-state index contributed by atoms with van der Waals surface area (Å²) >= 11 is 0. The van der Waals surface area contributed by atoms with Gasteiger partial charge in [-0.1, -0.05) is 54.6 Å². The molecule has 4 nitrogen and oxygen atoms in total. The minimum atomic E-state index is -0.477. The number of hydrogen-bond donors (Lipinski definition) is 4. The van der Waals surface area contributed by atoms with E-state index in [1.165, 1.54) is 16.7 Å². The van der Waals surface area contributed by atoms with Gasteiger partial charge in [0, 0.05) is 0 Å². The van der Waals surface area contributed by atoms with Crippen LogP contribution in [0.15, 0.2) is 54.6 Å². The predicted molar refractivity (Wildman–Crippen MR) is 90.5 cm³/mol. The number of rotatable bonds is 4. The molecule has 0 saturated heterocycles. The van der Waals surface area contributed by atoms with E-state index in [-0.39, 0.29) is 6.04 Å². The molecule has 5 N–H and O–H groups in total. The summed E-state index contributed by atoms with van der Waals surface area (Å²) in [5.41, 5.74) is 9.47. The van der Waals surface area contributed by atoms with Gasteiger partial charge in [-0.25, -0.2) is 0 Å². The van der Waals surface area contributed by atoms with Crippen LogP contribution < -0.4 is 21.7 Å². The smallest absolute Gasteiger partial charge is 0.113 e. The van der Waals surface area contributed by atoms with Crippen molar-refractivity contribution >= 4 is 0 Å². The lowest BCUT2D eigenvalue weighted by Crippen LogP contribution is -2.67. The Hall–Kier alpha value is -1.72. The molecule has 1 aliphatic rings. The van der Waals surface area contributed by atoms with E-state index < -0.39 is 11.2 Å². The molecule has 4 heteroatoms. The number of fused-ring (bicyclic) bond motifs is 1. The third-order valence-corrected chi connectivity index (χ3v) is 5.12. The number of likely N-dealkylation sites (N-methyl/N-ethyl adjacent to an activating group) is 3. The van der Waals surface area contributed by atoms with Crippen LogP contribution in [0.2, 0.25) is 0 Å². The van der Waals surface area contributed by atoms with Crippen LogP contribution in [0.1, 0.15) is 16.7 Å². The van der Waals surface area contributed by atoms with E-state index in [9.17, 15) is 0 Å². The van der Waals surface area contributed by atoms with Crippen LogP contribution >= 0.6 is 0 Å². The molecule has 0 aromatic heterocycles. The van der Waals surface area contributed by atoms with Crippen molar-refractivity contribution < 1.29 is 0 Å². The molecular weight excluding hydrogens is 272 g/mol. The molecule has 1 aliphatic carbocycles. The fourth-order valence-electron chi connectivity index (χ4n) is 4.01. The van der Waals surface area contributed by atoms with E-state index in [4.69, 9.17) is 5.73 Å². The van der Waals surface area contributed by atoms with Crippen LogP contribution in [0.25, 0.3) is 0 Å². The van der Waals surface area contributed by atoms with Crippen LogP contribution in [0, 0.1) is 0 Å². The van der Waals surface area contributed by atoms with Gasteiger partial charge < -0.3 is 11.1 Å². The van der Waals surface area contributed by atoms with E-state index in [1.54, 1.807) is 0 Å². The van der Waals surface area contributed by atoms with Crippen molar-refractivity contribution in [3.05, 3.63) is 71.3 Å². The second-order valence-electron chi connectivity index (χ2n) is 5.76. The Bertz CT molecular complexity index is 651. The van der Waals surface area contributed by atoms with E-state index in [1.807, 2.05) is 27.2 Å². The van der Waals surface area contributed by atoms with Gasteiger partial charge in [0.15, 0.2) is 0 Å². The fourth-order valence-corrected chi connectivity index (χ4v) is 4.01. The van der Waals surface area contributed by atoms with Crippen molar-refractivity contribution in [1.82, 2.24) is 16.0 Å². The minimum Gasteiger partial charge on any atom is -0.323 e. The first-order chi connectivity index (χ1) is 10.7. The maximum atomic E-state index is 6.82. The molecule has 0 heterocycles. The summed E-state index contributed by atoms with van der Waals surface area (Å²) in [5, 5.41) is 10.3. The second-order valence-corrected chi connectivity index (χ2v) is 5.76. The summed E-state index contributed by atoms with van der Waals surface area (Å²) in [5.74, 6) is 0. The predicted octanol–water partition coefficient (Wildman–Crippen LogP) is 1.08. The van der Waals surface area contributed by atoms with Crippen LogP contribution in [0.5, 0.6) is 0 Å². The monoisotopic (exact) mass is 296 g/mol. The summed E-state index contributed by atoms with van der Waals surface area (Å²) < 4.78 is 0. The van der Waals surface area contributed by atoms with Crippen LogP contribution in [0.4, 0.5) is 0 Å². The van der Waals surface area contributed by atoms with Gasteiger partial charge in [-0.15, -0.1) is 0 Å². The van der Waals surface area contributed by atoms with Gasteiger partial charge in [-0.3, -0.25) is 10.6 Å². The van der Waals surface area contributed by atoms with Crippen molar-refractivity contribution in [3.63, 3.8) is 0 Å². The first-order valence-electron chi connectivity index (χ1n) is 7.65. The Morgan fingerprint density at radius 1 is 0.773 bits per heavy atom. The van der Waals surface area contributed by atoms with E-state index in [0.29, 0.717) is 0 Å². The SMILES string of the molecule is CNC1(NC)c2ccccc2C(NC)(c2ccccc2)C1N. The number of benzene rings is 2. The summed E-state index contributed by atoms with van der Waals surface area (Å²) in [7, 11) is 5.87. The molecule has 0 radical (unpaired) electrons. The first kappa shape index (κ1) is 15.2. The molecule has 0 aliphatic heterocycles. The summed E-state index contributed by atoms with van der Waals surface area (Å²) in [4.78, 5) is 0. The molecule has 0 amide bonds. The van der Waals surface area contributed by atoms with Gasteiger partial charge in [0.2, 0.25) is 0 Å². The zero-order valence-corrected chi connectivity index (χ0v) is 13.4. The number of nitrogens with two attached hydrogens (primary N) is 1. The molecule has 0 saturated carbocycles. The van der Waals surface area contributed by atoms with Gasteiger partial charge in [-0.05, 0) is 37.8 Å². The maximum Gasteiger partial charge on any atom is 0.113 e. The van der Waals surface area contributed by atoms with Crippen molar-refractivity contribution in [1.29, 1.82) is 0 Å². The Labute approximate surface area is 132 Å². The van der Waals surface area contributed by atoms with E-state index in [2.05, 4.69) is 64.5 Å². The molecule has 3 rings (SSSR count). The lowest BCUT2D eigenvalue weighted by atomic mass is 9.80. The zero-order chi connectivity index (χ0) is 15.8. The number of nitrogens with one attached hydrogen (secondary N) is 3. The van der Waals surface area contributed by atoms with Crippen LogP contribution in [0.3, 0.4) is 0 Å². The second kappa shape index (κ2) is 5.48. The molecule has 2 aromatic rings. The first-order valence-corrected chi connectivity index (χ1v) is 7.65. The highest BCUT2D eigenvalue weighted by Crippen LogP contribution is 2.47. The van der Waals surface area contributed by atoms with Crippen molar-refractivity contribution in [2.24, 2.45) is 5.73 Å². The van der Waals surface area contributed by atoms with Crippen molar-refractivity contribution in [2.75, 3.05) is 21.1 Å².